The number of hydrogen-bond donors (Lipinski definition) is 1. The summed E-state index contributed by atoms with van der Waals surface area (Å²) in [6, 6.07) is 1.66. The topological polar surface area (TPSA) is 57.2 Å². The SMILES string of the molecule is Cn1cc(N)cc1C(=O)OC1CCCCC1. The molecule has 1 fully saturated rings. The summed E-state index contributed by atoms with van der Waals surface area (Å²) in [5.74, 6) is -0.258. The smallest absolute Gasteiger partial charge is 0.355 e. The highest BCUT2D eigenvalue weighted by molar-refractivity contribution is 5.89. The number of hydrogen-bond acceptors (Lipinski definition) is 3. The molecule has 0 spiro atoms. The number of nitrogens with two attached hydrogens (primary N) is 1. The number of nitrogens with zero attached hydrogens (tertiary/aromatic N) is 1. The minimum Gasteiger partial charge on any atom is -0.458 e. The Labute approximate surface area is 95.4 Å². The fourth-order valence-electron chi connectivity index (χ4n) is 2.19. The van der Waals surface area contributed by atoms with Crippen LogP contribution in [-0.4, -0.2) is 16.6 Å². The quantitative estimate of drug-likeness (QED) is 0.779. The monoisotopic (exact) mass is 222 g/mol. The van der Waals surface area contributed by atoms with E-state index in [9.17, 15) is 4.79 Å². The van der Waals surface area contributed by atoms with Gasteiger partial charge in [-0.15, -0.1) is 0 Å². The second-order valence-corrected chi connectivity index (χ2v) is 4.43. The van der Waals surface area contributed by atoms with E-state index in [-0.39, 0.29) is 12.1 Å². The fraction of sp³-hybridized carbons (Fsp3) is 0.583. The van der Waals surface area contributed by atoms with Crippen LogP contribution >= 0.6 is 0 Å². The fourth-order valence-corrected chi connectivity index (χ4v) is 2.19. The molecule has 0 unspecified atom stereocenters. The molecule has 1 aromatic rings. The number of nitrogen functional groups attached to an aromatic ring is 1. The van der Waals surface area contributed by atoms with Crippen LogP contribution in [0.4, 0.5) is 5.69 Å². The summed E-state index contributed by atoms with van der Waals surface area (Å²) >= 11 is 0. The standard InChI is InChI=1S/C12H18N2O2/c1-14-8-9(13)7-11(14)12(15)16-10-5-3-2-4-6-10/h7-8,10H,2-6,13H2,1H3. The highest BCUT2D eigenvalue weighted by Gasteiger charge is 2.20. The van der Waals surface area contributed by atoms with Gasteiger partial charge in [0.15, 0.2) is 0 Å². The van der Waals surface area contributed by atoms with Crippen LogP contribution in [0.15, 0.2) is 12.3 Å². The summed E-state index contributed by atoms with van der Waals surface area (Å²) in [6.07, 6.45) is 7.37. The van der Waals surface area contributed by atoms with Gasteiger partial charge in [0.25, 0.3) is 0 Å². The number of carbonyl (C=O) groups is 1. The molecule has 0 radical (unpaired) electrons. The number of carbonyl (C=O) groups excluding carboxylic acids is 1. The highest BCUT2D eigenvalue weighted by Crippen LogP contribution is 2.21. The molecule has 1 aromatic heterocycles. The van der Waals surface area contributed by atoms with Crippen molar-refractivity contribution in [3.05, 3.63) is 18.0 Å². The Hall–Kier alpha value is -1.45. The van der Waals surface area contributed by atoms with Crippen molar-refractivity contribution >= 4 is 11.7 Å². The Morgan fingerprint density at radius 1 is 1.44 bits per heavy atom. The van der Waals surface area contributed by atoms with Crippen molar-refractivity contribution in [2.75, 3.05) is 5.73 Å². The van der Waals surface area contributed by atoms with Gasteiger partial charge in [0, 0.05) is 13.2 Å². The Kier molecular flexibility index (Phi) is 3.17. The molecular formula is C12H18N2O2. The van der Waals surface area contributed by atoms with Gasteiger partial charge in [-0.25, -0.2) is 4.79 Å². The lowest BCUT2D eigenvalue weighted by Gasteiger charge is -2.21. The van der Waals surface area contributed by atoms with Gasteiger partial charge in [-0.3, -0.25) is 0 Å². The minimum absolute atomic E-state index is 0.0948. The molecule has 4 heteroatoms. The summed E-state index contributed by atoms with van der Waals surface area (Å²) in [4.78, 5) is 11.8. The van der Waals surface area contributed by atoms with Crippen LogP contribution in [0.25, 0.3) is 0 Å². The molecule has 2 rings (SSSR count). The number of aromatic nitrogens is 1. The Morgan fingerprint density at radius 3 is 2.69 bits per heavy atom. The van der Waals surface area contributed by atoms with E-state index in [2.05, 4.69) is 0 Å². The van der Waals surface area contributed by atoms with Crippen LogP contribution in [0.5, 0.6) is 0 Å². The predicted octanol–water partition coefficient (Wildman–Crippen LogP) is 2.10. The third-order valence-electron chi connectivity index (χ3n) is 3.06. The number of esters is 1. The zero-order valence-electron chi connectivity index (χ0n) is 9.61. The molecule has 0 atom stereocenters. The van der Waals surface area contributed by atoms with Gasteiger partial charge in [-0.2, -0.15) is 0 Å². The zero-order valence-corrected chi connectivity index (χ0v) is 9.61. The first-order chi connectivity index (χ1) is 7.66. The summed E-state index contributed by atoms with van der Waals surface area (Å²) in [5.41, 5.74) is 6.75. The van der Waals surface area contributed by atoms with Crippen LogP contribution in [0.3, 0.4) is 0 Å². The molecule has 0 aliphatic heterocycles. The van der Waals surface area contributed by atoms with E-state index in [1.165, 1.54) is 6.42 Å². The van der Waals surface area contributed by atoms with Crippen LogP contribution in [-0.2, 0) is 11.8 Å². The highest BCUT2D eigenvalue weighted by atomic mass is 16.5. The first-order valence-corrected chi connectivity index (χ1v) is 5.79. The molecule has 0 aromatic carbocycles. The number of aryl methyl sites for hydroxylation is 1. The van der Waals surface area contributed by atoms with E-state index in [0.717, 1.165) is 25.7 Å². The van der Waals surface area contributed by atoms with Gasteiger partial charge in [0.2, 0.25) is 0 Å². The maximum Gasteiger partial charge on any atom is 0.355 e. The van der Waals surface area contributed by atoms with Crippen molar-refractivity contribution in [3.8, 4) is 0 Å². The van der Waals surface area contributed by atoms with E-state index >= 15 is 0 Å². The Bertz CT molecular complexity index is 378. The molecule has 1 heterocycles. The second kappa shape index (κ2) is 4.60. The number of rotatable bonds is 2. The van der Waals surface area contributed by atoms with E-state index in [0.29, 0.717) is 11.4 Å². The average Bonchev–Trinajstić information content (AvgIpc) is 2.59. The minimum atomic E-state index is -0.258. The molecular weight excluding hydrogens is 204 g/mol. The molecule has 1 aliphatic carbocycles. The molecule has 0 amide bonds. The lowest BCUT2D eigenvalue weighted by Crippen LogP contribution is -2.22. The van der Waals surface area contributed by atoms with Gasteiger partial charge in [-0.05, 0) is 31.7 Å². The van der Waals surface area contributed by atoms with Gasteiger partial charge < -0.3 is 15.0 Å². The lowest BCUT2D eigenvalue weighted by molar-refractivity contribution is 0.0200. The normalized spacial score (nSPS) is 17.3. The number of ether oxygens (including phenoxy) is 1. The summed E-state index contributed by atoms with van der Waals surface area (Å²) in [6.45, 7) is 0. The summed E-state index contributed by atoms with van der Waals surface area (Å²) in [5, 5.41) is 0. The first-order valence-electron chi connectivity index (χ1n) is 5.79. The van der Waals surface area contributed by atoms with Crippen molar-refractivity contribution in [2.45, 2.75) is 38.2 Å². The lowest BCUT2D eigenvalue weighted by atomic mass is 9.98. The second-order valence-electron chi connectivity index (χ2n) is 4.43. The van der Waals surface area contributed by atoms with Crippen molar-refractivity contribution in [1.82, 2.24) is 4.57 Å². The van der Waals surface area contributed by atoms with Crippen molar-refractivity contribution in [1.29, 1.82) is 0 Å². The van der Waals surface area contributed by atoms with Gasteiger partial charge in [0.1, 0.15) is 11.8 Å². The van der Waals surface area contributed by atoms with Gasteiger partial charge >= 0.3 is 5.97 Å². The third-order valence-corrected chi connectivity index (χ3v) is 3.06. The molecule has 2 N–H and O–H groups in total. The average molecular weight is 222 g/mol. The molecule has 88 valence electrons. The summed E-state index contributed by atoms with van der Waals surface area (Å²) in [7, 11) is 1.80. The molecule has 1 aliphatic rings. The molecule has 0 saturated heterocycles. The Morgan fingerprint density at radius 2 is 2.12 bits per heavy atom. The van der Waals surface area contributed by atoms with E-state index in [1.54, 1.807) is 23.9 Å². The largest absolute Gasteiger partial charge is 0.458 e. The van der Waals surface area contributed by atoms with E-state index in [1.807, 2.05) is 0 Å². The van der Waals surface area contributed by atoms with Crippen LogP contribution < -0.4 is 5.73 Å². The van der Waals surface area contributed by atoms with Crippen LogP contribution in [0.2, 0.25) is 0 Å². The molecule has 16 heavy (non-hydrogen) atoms. The maximum absolute atomic E-state index is 11.8. The van der Waals surface area contributed by atoms with Gasteiger partial charge in [0.05, 0.1) is 5.69 Å². The molecule has 1 saturated carbocycles. The predicted molar refractivity (Wildman–Crippen MR) is 62.1 cm³/mol. The Balaban J connectivity index is 1.99. The number of anilines is 1. The van der Waals surface area contributed by atoms with E-state index < -0.39 is 0 Å². The third kappa shape index (κ3) is 2.38. The van der Waals surface area contributed by atoms with Crippen LogP contribution in [0, 0.1) is 0 Å². The van der Waals surface area contributed by atoms with Crippen LogP contribution in [0.1, 0.15) is 42.6 Å². The molecule has 0 bridgehead atoms. The van der Waals surface area contributed by atoms with Crippen molar-refractivity contribution in [2.24, 2.45) is 7.05 Å². The van der Waals surface area contributed by atoms with Gasteiger partial charge in [-0.1, -0.05) is 6.42 Å². The maximum atomic E-state index is 11.8. The van der Waals surface area contributed by atoms with Crippen molar-refractivity contribution < 1.29 is 9.53 Å². The molecule has 4 nitrogen and oxygen atoms in total. The zero-order chi connectivity index (χ0) is 11.5. The van der Waals surface area contributed by atoms with E-state index in [4.69, 9.17) is 10.5 Å². The van der Waals surface area contributed by atoms with Crippen molar-refractivity contribution in [3.63, 3.8) is 0 Å². The first kappa shape index (κ1) is 11.0. The summed E-state index contributed by atoms with van der Waals surface area (Å²) < 4.78 is 7.17.